The highest BCUT2D eigenvalue weighted by Crippen LogP contribution is 2.32. The van der Waals surface area contributed by atoms with E-state index in [1.165, 1.54) is 31.4 Å². The molecule has 0 aliphatic rings. The maximum atomic E-state index is 13.0. The molecule has 1 heterocycles. The number of nitrogens with zero attached hydrogens (tertiary/aromatic N) is 3. The summed E-state index contributed by atoms with van der Waals surface area (Å²) in [6.07, 6.45) is 3.40. The second-order valence-electron chi connectivity index (χ2n) is 5.62. The fourth-order valence-electron chi connectivity index (χ4n) is 2.51. The van der Waals surface area contributed by atoms with E-state index in [9.17, 15) is 9.18 Å². The number of anilines is 1. The van der Waals surface area contributed by atoms with E-state index < -0.39 is 6.03 Å². The SMILES string of the molecule is COc1cc(NC(=O)N(Cc2ccc(F)cc2)N=N)ccc1-c1cn[nH]c1. The number of amides is 2. The topological polar surface area (TPSA) is 106 Å². The molecule has 0 bridgehead atoms. The van der Waals surface area contributed by atoms with Crippen molar-refractivity contribution in [1.29, 1.82) is 5.53 Å². The lowest BCUT2D eigenvalue weighted by Crippen LogP contribution is -2.29. The first-order valence-electron chi connectivity index (χ1n) is 7.98. The second kappa shape index (κ2) is 8.09. The number of carbonyl (C=O) groups is 1. The van der Waals surface area contributed by atoms with E-state index in [0.717, 1.165) is 16.1 Å². The summed E-state index contributed by atoms with van der Waals surface area (Å²) in [5.74, 6) is 0.185. The van der Waals surface area contributed by atoms with Crippen molar-refractivity contribution in [2.24, 2.45) is 5.22 Å². The Hall–Kier alpha value is -3.75. The van der Waals surface area contributed by atoms with E-state index in [4.69, 9.17) is 10.3 Å². The largest absolute Gasteiger partial charge is 0.496 e. The van der Waals surface area contributed by atoms with Crippen molar-refractivity contribution < 1.29 is 13.9 Å². The Labute approximate surface area is 154 Å². The molecule has 0 unspecified atom stereocenters. The minimum absolute atomic E-state index is 0.0415. The van der Waals surface area contributed by atoms with E-state index in [1.54, 1.807) is 30.6 Å². The van der Waals surface area contributed by atoms with Gasteiger partial charge in [-0.2, -0.15) is 15.6 Å². The summed E-state index contributed by atoms with van der Waals surface area (Å²) in [5.41, 5.74) is 10.0. The highest BCUT2D eigenvalue weighted by atomic mass is 19.1. The molecular formula is C18H17FN6O2. The molecule has 0 atom stereocenters. The minimum Gasteiger partial charge on any atom is -0.496 e. The van der Waals surface area contributed by atoms with Crippen LogP contribution >= 0.6 is 0 Å². The van der Waals surface area contributed by atoms with Gasteiger partial charge in [0.2, 0.25) is 0 Å². The zero-order valence-corrected chi connectivity index (χ0v) is 14.4. The monoisotopic (exact) mass is 368 g/mol. The summed E-state index contributed by atoms with van der Waals surface area (Å²) in [5, 5.41) is 13.5. The number of nitrogens with one attached hydrogen (secondary N) is 3. The average molecular weight is 368 g/mol. The molecule has 8 nitrogen and oxygen atoms in total. The Bertz CT molecular complexity index is 928. The molecule has 9 heteroatoms. The van der Waals surface area contributed by atoms with Crippen molar-refractivity contribution in [1.82, 2.24) is 15.2 Å². The van der Waals surface area contributed by atoms with Gasteiger partial charge >= 0.3 is 6.03 Å². The molecule has 0 saturated heterocycles. The van der Waals surface area contributed by atoms with Gasteiger partial charge in [0.1, 0.15) is 11.6 Å². The summed E-state index contributed by atoms with van der Waals surface area (Å²) >= 11 is 0. The van der Waals surface area contributed by atoms with Crippen molar-refractivity contribution in [3.63, 3.8) is 0 Å². The number of hydrogen-bond donors (Lipinski definition) is 3. The van der Waals surface area contributed by atoms with Crippen LogP contribution in [0.5, 0.6) is 5.75 Å². The van der Waals surface area contributed by atoms with Crippen molar-refractivity contribution >= 4 is 11.7 Å². The standard InChI is InChI=1S/C18H17FN6O2/c1-27-17-8-15(6-7-16(17)13-9-21-22-10-13)23-18(26)25(24-20)11-12-2-4-14(19)5-3-12/h2-10,20H,11H2,1H3,(H,21,22)(H,23,26). The third-order valence-corrected chi connectivity index (χ3v) is 3.86. The molecular weight excluding hydrogens is 351 g/mol. The molecule has 138 valence electrons. The molecule has 0 aliphatic carbocycles. The van der Waals surface area contributed by atoms with Crippen LogP contribution in [0.4, 0.5) is 14.9 Å². The maximum Gasteiger partial charge on any atom is 0.343 e. The molecule has 0 radical (unpaired) electrons. The summed E-state index contributed by atoms with van der Waals surface area (Å²) in [4.78, 5) is 12.4. The van der Waals surface area contributed by atoms with Crippen molar-refractivity contribution in [2.75, 3.05) is 12.4 Å². The Kier molecular flexibility index (Phi) is 5.41. The minimum atomic E-state index is -0.590. The van der Waals surface area contributed by atoms with Gasteiger partial charge in [-0.05, 0) is 29.8 Å². The third-order valence-electron chi connectivity index (χ3n) is 3.86. The van der Waals surface area contributed by atoms with E-state index in [0.29, 0.717) is 17.0 Å². The van der Waals surface area contributed by atoms with Gasteiger partial charge in [-0.3, -0.25) is 5.10 Å². The van der Waals surface area contributed by atoms with Crippen LogP contribution in [0.2, 0.25) is 0 Å². The molecule has 0 spiro atoms. The van der Waals surface area contributed by atoms with Gasteiger partial charge in [0, 0.05) is 29.1 Å². The van der Waals surface area contributed by atoms with Gasteiger partial charge in [0.15, 0.2) is 0 Å². The van der Waals surface area contributed by atoms with Crippen LogP contribution in [0.1, 0.15) is 5.56 Å². The van der Waals surface area contributed by atoms with Gasteiger partial charge in [-0.25, -0.2) is 9.18 Å². The average Bonchev–Trinajstić information content (AvgIpc) is 3.21. The zero-order chi connectivity index (χ0) is 19.2. The Morgan fingerprint density at radius 2 is 2.11 bits per heavy atom. The normalized spacial score (nSPS) is 10.3. The quantitative estimate of drug-likeness (QED) is 0.448. The van der Waals surface area contributed by atoms with Gasteiger partial charge in [0.25, 0.3) is 0 Å². The second-order valence-corrected chi connectivity index (χ2v) is 5.62. The number of halogens is 1. The van der Waals surface area contributed by atoms with Crippen molar-refractivity contribution in [3.05, 3.63) is 66.2 Å². The molecule has 0 aliphatic heterocycles. The van der Waals surface area contributed by atoms with E-state index in [-0.39, 0.29) is 12.4 Å². The third kappa shape index (κ3) is 4.27. The molecule has 0 fully saturated rings. The number of aromatic nitrogens is 2. The number of ether oxygens (including phenoxy) is 1. The summed E-state index contributed by atoms with van der Waals surface area (Å²) in [6, 6.07) is 10.2. The molecule has 2 aromatic carbocycles. The Morgan fingerprint density at radius 1 is 1.33 bits per heavy atom. The fraction of sp³-hybridized carbons (Fsp3) is 0.111. The van der Waals surface area contributed by atoms with Gasteiger partial charge < -0.3 is 10.1 Å². The van der Waals surface area contributed by atoms with E-state index in [2.05, 4.69) is 20.7 Å². The van der Waals surface area contributed by atoms with Gasteiger partial charge in [-0.15, -0.1) is 0 Å². The number of methoxy groups -OCH3 is 1. The highest BCUT2D eigenvalue weighted by molar-refractivity contribution is 5.90. The fourth-order valence-corrected chi connectivity index (χ4v) is 2.51. The lowest BCUT2D eigenvalue weighted by atomic mass is 10.1. The summed E-state index contributed by atoms with van der Waals surface area (Å²) < 4.78 is 18.4. The number of urea groups is 1. The Balaban J connectivity index is 1.74. The van der Waals surface area contributed by atoms with Crippen LogP contribution in [0.3, 0.4) is 0 Å². The number of benzene rings is 2. The van der Waals surface area contributed by atoms with Crippen LogP contribution in [0, 0.1) is 11.3 Å². The predicted octanol–water partition coefficient (Wildman–Crippen LogP) is 4.20. The first kappa shape index (κ1) is 18.1. The van der Waals surface area contributed by atoms with Gasteiger partial charge in [-0.1, -0.05) is 17.4 Å². The first-order valence-corrected chi connectivity index (χ1v) is 7.98. The van der Waals surface area contributed by atoms with E-state index in [1.807, 2.05) is 0 Å². The van der Waals surface area contributed by atoms with Crippen LogP contribution in [-0.2, 0) is 6.54 Å². The lowest BCUT2D eigenvalue weighted by Gasteiger charge is -2.17. The molecule has 1 aromatic heterocycles. The Morgan fingerprint density at radius 3 is 2.74 bits per heavy atom. The molecule has 3 rings (SSSR count). The van der Waals surface area contributed by atoms with Crippen molar-refractivity contribution in [3.8, 4) is 16.9 Å². The summed E-state index contributed by atoms with van der Waals surface area (Å²) in [6.45, 7) is 0.0415. The van der Waals surface area contributed by atoms with Gasteiger partial charge in [0.05, 0.1) is 19.9 Å². The molecule has 27 heavy (non-hydrogen) atoms. The number of aromatic amines is 1. The lowest BCUT2D eigenvalue weighted by molar-refractivity contribution is 0.205. The molecule has 3 N–H and O–H groups in total. The van der Waals surface area contributed by atoms with Crippen LogP contribution < -0.4 is 10.1 Å². The number of carbonyl (C=O) groups excluding carboxylic acids is 1. The predicted molar refractivity (Wildman–Crippen MR) is 96.7 cm³/mol. The molecule has 0 saturated carbocycles. The smallest absolute Gasteiger partial charge is 0.343 e. The highest BCUT2D eigenvalue weighted by Gasteiger charge is 2.15. The van der Waals surface area contributed by atoms with Crippen molar-refractivity contribution in [2.45, 2.75) is 6.54 Å². The van der Waals surface area contributed by atoms with Crippen LogP contribution in [0.15, 0.2) is 60.1 Å². The van der Waals surface area contributed by atoms with Crippen LogP contribution in [-0.4, -0.2) is 28.3 Å². The number of H-pyrrole nitrogens is 1. The van der Waals surface area contributed by atoms with E-state index >= 15 is 0 Å². The maximum absolute atomic E-state index is 13.0. The summed E-state index contributed by atoms with van der Waals surface area (Å²) in [7, 11) is 1.53. The number of rotatable bonds is 6. The zero-order valence-electron chi connectivity index (χ0n) is 14.4. The number of hydrogen-bond acceptors (Lipinski definition) is 5. The molecule has 3 aromatic rings. The first-order chi connectivity index (χ1) is 13.1. The molecule has 2 amide bonds. The van der Waals surface area contributed by atoms with Crippen LogP contribution in [0.25, 0.3) is 11.1 Å².